The zero-order chi connectivity index (χ0) is 13.5. The SMILES string of the molecule is Oc1cn2ncnc2c2c(N3CCCCC3)cccc12. The molecular formula is C15H16N4O. The van der Waals surface area contributed by atoms with E-state index in [1.165, 1.54) is 25.6 Å². The highest BCUT2D eigenvalue weighted by molar-refractivity contribution is 6.06. The molecule has 1 aliphatic rings. The molecule has 5 nitrogen and oxygen atoms in total. The van der Waals surface area contributed by atoms with E-state index in [4.69, 9.17) is 0 Å². The van der Waals surface area contributed by atoms with Gasteiger partial charge in [-0.15, -0.1) is 0 Å². The molecular weight excluding hydrogens is 252 g/mol. The van der Waals surface area contributed by atoms with Crippen LogP contribution in [0.4, 0.5) is 5.69 Å². The highest BCUT2D eigenvalue weighted by Gasteiger charge is 2.17. The quantitative estimate of drug-likeness (QED) is 0.737. The number of aromatic nitrogens is 3. The molecule has 5 heteroatoms. The summed E-state index contributed by atoms with van der Waals surface area (Å²) in [5.74, 6) is 0.247. The average Bonchev–Trinajstić information content (AvgIpc) is 2.96. The van der Waals surface area contributed by atoms with Gasteiger partial charge in [-0.25, -0.2) is 9.50 Å². The Morgan fingerprint density at radius 3 is 2.80 bits per heavy atom. The fourth-order valence-electron chi connectivity index (χ4n) is 3.10. The first-order valence-electron chi connectivity index (χ1n) is 7.03. The Balaban J connectivity index is 2.04. The second kappa shape index (κ2) is 4.37. The highest BCUT2D eigenvalue weighted by Crippen LogP contribution is 2.35. The molecule has 0 bridgehead atoms. The van der Waals surface area contributed by atoms with Gasteiger partial charge < -0.3 is 10.0 Å². The van der Waals surface area contributed by atoms with Gasteiger partial charge in [0.1, 0.15) is 12.1 Å². The predicted octanol–water partition coefficient (Wildman–Crippen LogP) is 2.58. The van der Waals surface area contributed by atoms with Crippen molar-refractivity contribution < 1.29 is 5.11 Å². The Morgan fingerprint density at radius 2 is 1.95 bits per heavy atom. The summed E-state index contributed by atoms with van der Waals surface area (Å²) in [6, 6.07) is 6.05. The lowest BCUT2D eigenvalue weighted by Gasteiger charge is -2.29. The van der Waals surface area contributed by atoms with Gasteiger partial charge in [-0.05, 0) is 25.3 Å². The van der Waals surface area contributed by atoms with Crippen molar-refractivity contribution >= 4 is 22.1 Å². The maximum absolute atomic E-state index is 10.2. The minimum Gasteiger partial charge on any atom is -0.506 e. The van der Waals surface area contributed by atoms with Gasteiger partial charge >= 0.3 is 0 Å². The molecule has 1 aliphatic heterocycles. The van der Waals surface area contributed by atoms with Crippen molar-refractivity contribution in [1.82, 2.24) is 14.6 Å². The number of rotatable bonds is 1. The van der Waals surface area contributed by atoms with Crippen molar-refractivity contribution in [3.8, 4) is 5.75 Å². The number of hydrogen-bond acceptors (Lipinski definition) is 4. The second-order valence-electron chi connectivity index (χ2n) is 5.29. The van der Waals surface area contributed by atoms with E-state index in [1.807, 2.05) is 12.1 Å². The Hall–Kier alpha value is -2.30. The monoisotopic (exact) mass is 268 g/mol. The van der Waals surface area contributed by atoms with Crippen LogP contribution in [0.2, 0.25) is 0 Å². The topological polar surface area (TPSA) is 53.7 Å². The fourth-order valence-corrected chi connectivity index (χ4v) is 3.10. The maximum Gasteiger partial charge on any atom is 0.165 e. The first-order chi connectivity index (χ1) is 9.84. The fraction of sp³-hybridized carbons (Fsp3) is 0.333. The van der Waals surface area contributed by atoms with E-state index in [0.29, 0.717) is 0 Å². The summed E-state index contributed by atoms with van der Waals surface area (Å²) in [5, 5.41) is 16.2. The van der Waals surface area contributed by atoms with Crippen LogP contribution >= 0.6 is 0 Å². The van der Waals surface area contributed by atoms with Gasteiger partial charge in [-0.3, -0.25) is 0 Å². The van der Waals surface area contributed by atoms with Crippen LogP contribution in [-0.2, 0) is 0 Å². The molecule has 3 aromatic rings. The zero-order valence-corrected chi connectivity index (χ0v) is 11.2. The van der Waals surface area contributed by atoms with Crippen LogP contribution in [0.25, 0.3) is 16.4 Å². The summed E-state index contributed by atoms with van der Waals surface area (Å²) < 4.78 is 1.64. The number of hydrogen-bond donors (Lipinski definition) is 1. The van der Waals surface area contributed by atoms with Gasteiger partial charge in [0.25, 0.3) is 0 Å². The van der Waals surface area contributed by atoms with E-state index >= 15 is 0 Å². The van der Waals surface area contributed by atoms with Gasteiger partial charge in [-0.1, -0.05) is 12.1 Å². The molecule has 102 valence electrons. The van der Waals surface area contributed by atoms with Crippen LogP contribution < -0.4 is 4.90 Å². The van der Waals surface area contributed by atoms with Crippen molar-refractivity contribution in [2.24, 2.45) is 0 Å². The van der Waals surface area contributed by atoms with Crippen LogP contribution in [0.3, 0.4) is 0 Å². The third-order valence-corrected chi connectivity index (χ3v) is 4.06. The van der Waals surface area contributed by atoms with Crippen LogP contribution in [-0.4, -0.2) is 32.8 Å². The second-order valence-corrected chi connectivity index (χ2v) is 5.29. The first kappa shape index (κ1) is 11.5. The van der Waals surface area contributed by atoms with E-state index in [9.17, 15) is 5.11 Å². The smallest absolute Gasteiger partial charge is 0.165 e. The summed E-state index contributed by atoms with van der Waals surface area (Å²) in [5.41, 5.74) is 1.95. The number of fused-ring (bicyclic) bond motifs is 3. The summed E-state index contributed by atoms with van der Waals surface area (Å²) >= 11 is 0. The molecule has 0 spiro atoms. The van der Waals surface area contributed by atoms with E-state index in [0.717, 1.165) is 35.2 Å². The van der Waals surface area contributed by atoms with Gasteiger partial charge in [-0.2, -0.15) is 5.10 Å². The van der Waals surface area contributed by atoms with Crippen molar-refractivity contribution in [1.29, 1.82) is 0 Å². The van der Waals surface area contributed by atoms with Gasteiger partial charge in [0.2, 0.25) is 0 Å². The molecule has 20 heavy (non-hydrogen) atoms. The molecule has 1 N–H and O–H groups in total. The van der Waals surface area contributed by atoms with Crippen molar-refractivity contribution in [3.05, 3.63) is 30.7 Å². The molecule has 4 rings (SSSR count). The van der Waals surface area contributed by atoms with E-state index in [2.05, 4.69) is 21.0 Å². The Bertz CT molecular complexity index is 774. The standard InChI is InChI=1S/C15H16N4O/c20-13-9-19-15(16-10-17-19)14-11(13)5-4-6-12(14)18-7-2-1-3-8-18/h4-6,9-10,20H,1-3,7-8H2. The molecule has 1 fully saturated rings. The lowest BCUT2D eigenvalue weighted by Crippen LogP contribution is -2.29. The molecule has 0 radical (unpaired) electrons. The van der Waals surface area contributed by atoms with Crippen molar-refractivity contribution in [2.75, 3.05) is 18.0 Å². The third-order valence-electron chi connectivity index (χ3n) is 4.06. The Morgan fingerprint density at radius 1 is 1.10 bits per heavy atom. The zero-order valence-electron chi connectivity index (χ0n) is 11.2. The predicted molar refractivity (Wildman–Crippen MR) is 78.2 cm³/mol. The number of benzene rings is 1. The van der Waals surface area contributed by atoms with E-state index in [1.54, 1.807) is 10.7 Å². The van der Waals surface area contributed by atoms with Gasteiger partial charge in [0.05, 0.1) is 11.6 Å². The number of anilines is 1. The molecule has 0 amide bonds. The highest BCUT2D eigenvalue weighted by atomic mass is 16.3. The summed E-state index contributed by atoms with van der Waals surface area (Å²) in [4.78, 5) is 6.75. The van der Waals surface area contributed by atoms with E-state index < -0.39 is 0 Å². The van der Waals surface area contributed by atoms with Crippen LogP contribution in [0, 0.1) is 0 Å². The number of pyridine rings is 1. The molecule has 1 saturated heterocycles. The summed E-state index contributed by atoms with van der Waals surface area (Å²) in [6.45, 7) is 2.13. The summed E-state index contributed by atoms with van der Waals surface area (Å²) in [6.07, 6.45) is 6.88. The van der Waals surface area contributed by atoms with Gasteiger partial charge in [0, 0.05) is 24.2 Å². The molecule has 0 unspecified atom stereocenters. The van der Waals surface area contributed by atoms with Crippen LogP contribution in [0.5, 0.6) is 5.75 Å². The molecule has 0 atom stereocenters. The van der Waals surface area contributed by atoms with Crippen LogP contribution in [0.1, 0.15) is 19.3 Å². The molecule has 0 saturated carbocycles. The van der Waals surface area contributed by atoms with Gasteiger partial charge in [0.15, 0.2) is 5.65 Å². The minimum absolute atomic E-state index is 0.247. The number of piperidine rings is 1. The largest absolute Gasteiger partial charge is 0.506 e. The summed E-state index contributed by atoms with van der Waals surface area (Å²) in [7, 11) is 0. The van der Waals surface area contributed by atoms with Crippen LogP contribution in [0.15, 0.2) is 30.7 Å². The average molecular weight is 268 g/mol. The van der Waals surface area contributed by atoms with Crippen molar-refractivity contribution in [2.45, 2.75) is 19.3 Å². The normalized spacial score (nSPS) is 16.1. The maximum atomic E-state index is 10.2. The molecule has 0 aliphatic carbocycles. The lowest BCUT2D eigenvalue weighted by atomic mass is 10.1. The number of aromatic hydroxyl groups is 1. The molecule has 3 heterocycles. The minimum atomic E-state index is 0.247. The Kier molecular flexibility index (Phi) is 2.52. The van der Waals surface area contributed by atoms with E-state index in [-0.39, 0.29) is 5.75 Å². The molecule has 2 aromatic heterocycles. The number of nitrogens with zero attached hydrogens (tertiary/aromatic N) is 4. The lowest BCUT2D eigenvalue weighted by molar-refractivity contribution is 0.477. The van der Waals surface area contributed by atoms with Crippen molar-refractivity contribution in [3.63, 3.8) is 0 Å². The third kappa shape index (κ3) is 1.62. The first-order valence-corrected chi connectivity index (χ1v) is 7.03. The molecule has 1 aromatic carbocycles. The Labute approximate surface area is 116 Å².